The van der Waals surface area contributed by atoms with Crippen molar-refractivity contribution in [3.63, 3.8) is 0 Å². The molecule has 0 atom stereocenters. The fourth-order valence-corrected chi connectivity index (χ4v) is 3.37. The van der Waals surface area contributed by atoms with E-state index in [0.717, 1.165) is 69.5 Å². The summed E-state index contributed by atoms with van der Waals surface area (Å²) in [6, 6.07) is 4.06. The van der Waals surface area contributed by atoms with Crippen molar-refractivity contribution in [3.05, 3.63) is 42.6 Å². The van der Waals surface area contributed by atoms with Gasteiger partial charge >= 0.3 is 0 Å². The number of pyridine rings is 1. The molecule has 1 fully saturated rings. The van der Waals surface area contributed by atoms with Gasteiger partial charge in [0.15, 0.2) is 5.96 Å². The van der Waals surface area contributed by atoms with Gasteiger partial charge in [-0.15, -0.1) is 24.0 Å². The van der Waals surface area contributed by atoms with E-state index in [1.54, 1.807) is 19.6 Å². The number of nitrogens with zero attached hydrogens (tertiary/aromatic N) is 5. The zero-order valence-electron chi connectivity index (χ0n) is 17.9. The van der Waals surface area contributed by atoms with E-state index in [1.165, 1.54) is 0 Å². The summed E-state index contributed by atoms with van der Waals surface area (Å²) in [5.74, 6) is 1.82. The summed E-state index contributed by atoms with van der Waals surface area (Å²) in [5, 5.41) is 3.43. The lowest BCUT2D eigenvalue weighted by Gasteiger charge is -2.34. The summed E-state index contributed by atoms with van der Waals surface area (Å²) in [6.45, 7) is 7.00. The highest BCUT2D eigenvalue weighted by atomic mass is 127. The molecule has 0 radical (unpaired) electrons. The molecular formula is C21H33IN6O2. The van der Waals surface area contributed by atoms with Crippen LogP contribution in [-0.4, -0.2) is 71.5 Å². The van der Waals surface area contributed by atoms with Gasteiger partial charge in [-0.25, -0.2) is 15.0 Å². The van der Waals surface area contributed by atoms with Crippen LogP contribution in [0.3, 0.4) is 0 Å². The first kappa shape index (κ1) is 24.5. The Bertz CT molecular complexity index is 748. The van der Waals surface area contributed by atoms with E-state index in [0.29, 0.717) is 12.6 Å². The average Bonchev–Trinajstić information content (AvgIpc) is 3.30. The van der Waals surface area contributed by atoms with E-state index in [1.807, 2.05) is 23.0 Å². The van der Waals surface area contributed by atoms with Crippen LogP contribution < -0.4 is 5.32 Å². The first-order valence-electron chi connectivity index (χ1n) is 10.4. The summed E-state index contributed by atoms with van der Waals surface area (Å²) >= 11 is 0. The number of methoxy groups -OCH3 is 1. The minimum atomic E-state index is 0. The van der Waals surface area contributed by atoms with Gasteiger partial charge in [-0.2, -0.15) is 0 Å². The Labute approximate surface area is 196 Å². The number of aliphatic imine (C=N–C) groups is 1. The lowest BCUT2D eigenvalue weighted by Crippen LogP contribution is -2.47. The summed E-state index contributed by atoms with van der Waals surface area (Å²) in [5.41, 5.74) is 1.12. The number of ether oxygens (including phenoxy) is 2. The van der Waals surface area contributed by atoms with E-state index in [-0.39, 0.29) is 24.0 Å². The molecule has 0 saturated carbocycles. The van der Waals surface area contributed by atoms with Crippen LogP contribution in [-0.2, 0) is 16.0 Å². The molecule has 0 unspecified atom stereocenters. The number of halogens is 1. The first-order valence-corrected chi connectivity index (χ1v) is 10.4. The van der Waals surface area contributed by atoms with Gasteiger partial charge in [-0.1, -0.05) is 0 Å². The smallest absolute Gasteiger partial charge is 0.194 e. The third-order valence-electron chi connectivity index (χ3n) is 4.91. The van der Waals surface area contributed by atoms with E-state index >= 15 is 0 Å². The summed E-state index contributed by atoms with van der Waals surface area (Å²) in [6.07, 6.45) is 10.6. The lowest BCUT2D eigenvalue weighted by atomic mass is 10.1. The summed E-state index contributed by atoms with van der Waals surface area (Å²) in [7, 11) is 1.73. The number of imidazole rings is 1. The third-order valence-corrected chi connectivity index (χ3v) is 4.91. The standard InChI is InChI=1S/C21H32N6O2.HI/c1-3-23-21(26-10-6-19(7-11-26)29-14-4-13-28-2)25-16-18-5-8-24-20(15-18)27-12-9-22-17-27;/h5,8-9,12,15,17,19H,3-4,6-7,10-11,13-14,16H2,1-2H3,(H,23,25);1H. The number of hydrogen-bond donors (Lipinski definition) is 1. The highest BCUT2D eigenvalue weighted by molar-refractivity contribution is 14.0. The molecule has 2 aromatic heterocycles. The molecule has 3 rings (SSSR count). The maximum absolute atomic E-state index is 5.97. The molecule has 1 aliphatic rings. The van der Waals surface area contributed by atoms with Crippen molar-refractivity contribution in [2.24, 2.45) is 4.99 Å². The van der Waals surface area contributed by atoms with Crippen LogP contribution in [0.1, 0.15) is 31.7 Å². The summed E-state index contributed by atoms with van der Waals surface area (Å²) in [4.78, 5) is 15.7. The van der Waals surface area contributed by atoms with Crippen LogP contribution >= 0.6 is 24.0 Å². The second-order valence-electron chi connectivity index (χ2n) is 7.07. The molecule has 0 aromatic carbocycles. The van der Waals surface area contributed by atoms with E-state index in [4.69, 9.17) is 14.5 Å². The topological polar surface area (TPSA) is 76.8 Å². The van der Waals surface area contributed by atoms with E-state index in [2.05, 4.69) is 33.2 Å². The largest absolute Gasteiger partial charge is 0.385 e. The van der Waals surface area contributed by atoms with Crippen molar-refractivity contribution in [1.82, 2.24) is 24.8 Å². The summed E-state index contributed by atoms with van der Waals surface area (Å²) < 4.78 is 12.9. The molecule has 1 N–H and O–H groups in total. The number of likely N-dealkylation sites (tertiary alicyclic amines) is 1. The molecule has 0 amide bonds. The fraction of sp³-hybridized carbons (Fsp3) is 0.571. The van der Waals surface area contributed by atoms with Gasteiger partial charge in [0, 0.05) is 58.5 Å². The highest BCUT2D eigenvalue weighted by Gasteiger charge is 2.21. The second-order valence-corrected chi connectivity index (χ2v) is 7.07. The van der Waals surface area contributed by atoms with E-state index < -0.39 is 0 Å². The number of rotatable bonds is 9. The minimum absolute atomic E-state index is 0. The zero-order chi connectivity index (χ0) is 20.3. The minimum Gasteiger partial charge on any atom is -0.385 e. The van der Waals surface area contributed by atoms with Crippen molar-refractivity contribution < 1.29 is 9.47 Å². The van der Waals surface area contributed by atoms with Crippen LogP contribution in [0.25, 0.3) is 5.82 Å². The Morgan fingerprint density at radius 1 is 1.27 bits per heavy atom. The monoisotopic (exact) mass is 528 g/mol. The fourth-order valence-electron chi connectivity index (χ4n) is 3.37. The van der Waals surface area contributed by atoms with Gasteiger partial charge in [0.25, 0.3) is 0 Å². The molecular weight excluding hydrogens is 495 g/mol. The van der Waals surface area contributed by atoms with Crippen LogP contribution in [0, 0.1) is 0 Å². The quantitative estimate of drug-likeness (QED) is 0.234. The van der Waals surface area contributed by atoms with Gasteiger partial charge in [-0.05, 0) is 43.9 Å². The Hall–Kier alpha value is -1.72. The first-order chi connectivity index (χ1) is 14.3. The maximum atomic E-state index is 5.97. The van der Waals surface area contributed by atoms with Gasteiger partial charge in [0.1, 0.15) is 12.1 Å². The van der Waals surface area contributed by atoms with Crippen LogP contribution in [0.15, 0.2) is 42.0 Å². The molecule has 0 spiro atoms. The number of hydrogen-bond acceptors (Lipinski definition) is 5. The molecule has 166 valence electrons. The molecule has 9 heteroatoms. The Kier molecular flexibility index (Phi) is 11.1. The molecule has 0 bridgehead atoms. The number of guanidine groups is 1. The number of piperidine rings is 1. The van der Waals surface area contributed by atoms with Crippen LogP contribution in [0.4, 0.5) is 0 Å². The van der Waals surface area contributed by atoms with Gasteiger partial charge < -0.3 is 19.7 Å². The van der Waals surface area contributed by atoms with Gasteiger partial charge in [-0.3, -0.25) is 4.57 Å². The SMILES string of the molecule is CCNC(=NCc1ccnc(-n2ccnc2)c1)N1CCC(OCCCOC)CC1.I. The maximum Gasteiger partial charge on any atom is 0.194 e. The molecule has 3 heterocycles. The predicted molar refractivity (Wildman–Crippen MR) is 129 cm³/mol. The Balaban J connectivity index is 0.00000320. The number of aromatic nitrogens is 3. The van der Waals surface area contributed by atoms with Gasteiger partial charge in [0.05, 0.1) is 12.6 Å². The van der Waals surface area contributed by atoms with Crippen molar-refractivity contribution in [1.29, 1.82) is 0 Å². The van der Waals surface area contributed by atoms with E-state index in [9.17, 15) is 0 Å². The lowest BCUT2D eigenvalue weighted by molar-refractivity contribution is 0.00990. The molecule has 8 nitrogen and oxygen atoms in total. The molecule has 0 aliphatic carbocycles. The van der Waals surface area contributed by atoms with Crippen molar-refractivity contribution in [2.45, 2.75) is 38.8 Å². The normalized spacial score (nSPS) is 15.1. The number of nitrogens with one attached hydrogen (secondary N) is 1. The van der Waals surface area contributed by atoms with Gasteiger partial charge in [0.2, 0.25) is 0 Å². The molecule has 30 heavy (non-hydrogen) atoms. The van der Waals surface area contributed by atoms with Crippen molar-refractivity contribution in [2.75, 3.05) is 40.0 Å². The van der Waals surface area contributed by atoms with Crippen molar-refractivity contribution >= 4 is 29.9 Å². The average molecular weight is 528 g/mol. The van der Waals surface area contributed by atoms with Crippen LogP contribution in [0.5, 0.6) is 0 Å². The van der Waals surface area contributed by atoms with Crippen molar-refractivity contribution in [3.8, 4) is 5.82 Å². The van der Waals surface area contributed by atoms with Crippen LogP contribution in [0.2, 0.25) is 0 Å². The molecule has 1 saturated heterocycles. The zero-order valence-corrected chi connectivity index (χ0v) is 20.2. The molecule has 2 aromatic rings. The molecule has 1 aliphatic heterocycles. The highest BCUT2D eigenvalue weighted by Crippen LogP contribution is 2.15. The predicted octanol–water partition coefficient (Wildman–Crippen LogP) is 2.87. The third kappa shape index (κ3) is 7.51. The Morgan fingerprint density at radius 2 is 2.10 bits per heavy atom. The second kappa shape index (κ2) is 13.6. The Morgan fingerprint density at radius 3 is 2.80 bits per heavy atom.